The normalized spacial score (nSPS) is 13.7. The largest absolute Gasteiger partial charge is 0.486 e. The van der Waals surface area contributed by atoms with Crippen molar-refractivity contribution in [3.05, 3.63) is 82.3 Å². The fourth-order valence-electron chi connectivity index (χ4n) is 3.53. The number of sulfonamides is 1. The van der Waals surface area contributed by atoms with Crippen molar-refractivity contribution < 1.29 is 22.7 Å². The molecular weight excluding hydrogens is 499 g/mol. The molecule has 0 bridgehead atoms. The van der Waals surface area contributed by atoms with Gasteiger partial charge < -0.3 is 14.8 Å². The molecular formula is C24H22Cl2N2O5S. The minimum absolute atomic E-state index is 0.0266. The maximum absolute atomic E-state index is 13.5. The average Bonchev–Trinajstić information content (AvgIpc) is 2.84. The summed E-state index contributed by atoms with van der Waals surface area (Å²) >= 11 is 12.4. The average molecular weight is 521 g/mol. The second-order valence-corrected chi connectivity index (χ2v) is 10.3. The number of carbonyl (C=O) groups is 1. The molecule has 10 heteroatoms. The molecule has 1 aliphatic heterocycles. The van der Waals surface area contributed by atoms with Crippen LogP contribution in [0.2, 0.25) is 10.0 Å². The predicted octanol–water partition coefficient (Wildman–Crippen LogP) is 4.84. The van der Waals surface area contributed by atoms with Crippen molar-refractivity contribution in [3.8, 4) is 11.5 Å². The molecule has 0 spiro atoms. The number of nitrogens with zero attached hydrogens (tertiary/aromatic N) is 1. The number of anilines is 1. The number of amides is 1. The molecule has 1 unspecified atom stereocenters. The van der Waals surface area contributed by atoms with Crippen LogP contribution >= 0.6 is 23.2 Å². The van der Waals surface area contributed by atoms with Crippen LogP contribution in [0.25, 0.3) is 0 Å². The summed E-state index contributed by atoms with van der Waals surface area (Å²) in [7, 11) is -4.11. The Labute approximate surface area is 208 Å². The number of ether oxygens (including phenoxy) is 2. The molecule has 178 valence electrons. The highest BCUT2D eigenvalue weighted by Crippen LogP contribution is 2.34. The van der Waals surface area contributed by atoms with E-state index in [2.05, 4.69) is 5.32 Å². The van der Waals surface area contributed by atoms with Gasteiger partial charge in [0.1, 0.15) is 19.8 Å². The van der Waals surface area contributed by atoms with Gasteiger partial charge in [-0.1, -0.05) is 47.5 Å². The van der Waals surface area contributed by atoms with Gasteiger partial charge in [-0.3, -0.25) is 9.10 Å². The number of hydrogen-bond donors (Lipinski definition) is 1. The number of hydrogen-bond acceptors (Lipinski definition) is 5. The molecule has 1 atom stereocenters. The van der Waals surface area contributed by atoms with Gasteiger partial charge in [0.25, 0.3) is 10.0 Å². The van der Waals surface area contributed by atoms with Crippen LogP contribution in [0.1, 0.15) is 18.5 Å². The van der Waals surface area contributed by atoms with Gasteiger partial charge in [0.2, 0.25) is 5.91 Å². The van der Waals surface area contributed by atoms with Crippen LogP contribution in [0.4, 0.5) is 5.69 Å². The van der Waals surface area contributed by atoms with Gasteiger partial charge in [-0.25, -0.2) is 8.42 Å². The lowest BCUT2D eigenvalue weighted by molar-refractivity contribution is -0.120. The zero-order valence-corrected chi connectivity index (χ0v) is 20.5. The topological polar surface area (TPSA) is 84.9 Å². The third kappa shape index (κ3) is 5.24. The molecule has 0 radical (unpaired) electrons. The van der Waals surface area contributed by atoms with Crippen molar-refractivity contribution in [2.45, 2.75) is 17.9 Å². The van der Waals surface area contributed by atoms with Gasteiger partial charge in [-0.15, -0.1) is 0 Å². The van der Waals surface area contributed by atoms with Crippen LogP contribution in [-0.2, 0) is 14.8 Å². The Kier molecular flexibility index (Phi) is 7.21. The molecule has 0 fully saturated rings. The first kappa shape index (κ1) is 24.2. The molecule has 4 rings (SSSR count). The van der Waals surface area contributed by atoms with Crippen molar-refractivity contribution in [3.63, 3.8) is 0 Å². The number of fused-ring (bicyclic) bond motifs is 1. The second-order valence-electron chi connectivity index (χ2n) is 7.61. The first-order valence-corrected chi connectivity index (χ1v) is 12.7. The van der Waals surface area contributed by atoms with Gasteiger partial charge in [0.15, 0.2) is 11.5 Å². The van der Waals surface area contributed by atoms with E-state index in [0.717, 1.165) is 9.87 Å². The molecule has 1 heterocycles. The second kappa shape index (κ2) is 10.1. The maximum atomic E-state index is 13.5. The van der Waals surface area contributed by atoms with Gasteiger partial charge in [0.05, 0.1) is 21.6 Å². The summed E-state index contributed by atoms with van der Waals surface area (Å²) in [5.41, 5.74) is 0.899. The van der Waals surface area contributed by atoms with Crippen molar-refractivity contribution in [1.82, 2.24) is 5.32 Å². The van der Waals surface area contributed by atoms with E-state index < -0.39 is 28.5 Å². The summed E-state index contributed by atoms with van der Waals surface area (Å²) in [6, 6.07) is 17.3. The van der Waals surface area contributed by atoms with Gasteiger partial charge in [-0.2, -0.15) is 0 Å². The lowest BCUT2D eigenvalue weighted by Crippen LogP contribution is -2.41. The number of rotatable bonds is 7. The quantitative estimate of drug-likeness (QED) is 0.481. The monoisotopic (exact) mass is 520 g/mol. The Bertz CT molecular complexity index is 1300. The zero-order valence-electron chi connectivity index (χ0n) is 18.2. The molecule has 1 aliphatic rings. The van der Waals surface area contributed by atoms with Crippen LogP contribution in [0, 0.1) is 0 Å². The fraction of sp³-hybridized carbons (Fsp3) is 0.208. The number of nitrogens with one attached hydrogen (secondary N) is 1. The van der Waals surface area contributed by atoms with E-state index in [0.29, 0.717) is 24.7 Å². The summed E-state index contributed by atoms with van der Waals surface area (Å²) < 4.78 is 39.0. The van der Waals surface area contributed by atoms with E-state index in [-0.39, 0.29) is 20.6 Å². The summed E-state index contributed by atoms with van der Waals surface area (Å²) in [6.45, 7) is 2.23. The Morgan fingerprint density at radius 2 is 1.71 bits per heavy atom. The third-order valence-corrected chi connectivity index (χ3v) is 7.57. The molecule has 7 nitrogen and oxygen atoms in total. The summed E-state index contributed by atoms with van der Waals surface area (Å²) in [6.07, 6.45) is 0. The highest BCUT2D eigenvalue weighted by Gasteiger charge is 2.29. The van der Waals surface area contributed by atoms with Crippen LogP contribution in [-0.4, -0.2) is 34.1 Å². The summed E-state index contributed by atoms with van der Waals surface area (Å²) in [5, 5.41) is 3.28. The minimum atomic E-state index is -4.11. The third-order valence-electron chi connectivity index (χ3n) is 5.24. The first-order chi connectivity index (χ1) is 16.3. The van der Waals surface area contributed by atoms with Gasteiger partial charge >= 0.3 is 0 Å². The molecule has 3 aromatic rings. The molecule has 0 aromatic heterocycles. The maximum Gasteiger partial charge on any atom is 0.264 e. The Balaban J connectivity index is 1.60. The molecule has 0 saturated heterocycles. The lowest BCUT2D eigenvalue weighted by atomic mass is 10.1. The molecule has 34 heavy (non-hydrogen) atoms. The highest BCUT2D eigenvalue weighted by molar-refractivity contribution is 7.92. The van der Waals surface area contributed by atoms with Crippen molar-refractivity contribution in [2.24, 2.45) is 0 Å². The summed E-state index contributed by atoms with van der Waals surface area (Å²) in [4.78, 5) is 13.1. The zero-order chi connectivity index (χ0) is 24.3. The van der Waals surface area contributed by atoms with E-state index in [4.69, 9.17) is 32.7 Å². The van der Waals surface area contributed by atoms with E-state index in [1.54, 1.807) is 43.3 Å². The van der Waals surface area contributed by atoms with E-state index in [9.17, 15) is 13.2 Å². The SMILES string of the molecule is CC(NC(=O)CN(c1cc(Cl)ccc1Cl)S(=O)(=O)c1ccccc1)c1ccc2c(c1)OCCO2. The number of benzene rings is 3. The Morgan fingerprint density at radius 3 is 2.44 bits per heavy atom. The first-order valence-electron chi connectivity index (χ1n) is 10.5. The standard InChI is InChI=1S/C24H22Cl2N2O5S/c1-16(17-7-10-22-23(13-17)33-12-11-32-22)27-24(29)15-28(21-14-18(25)8-9-20(21)26)34(30,31)19-5-3-2-4-6-19/h2-10,13-14,16H,11-12,15H2,1H3,(H,27,29). The van der Waals surface area contributed by atoms with Crippen molar-refractivity contribution in [2.75, 3.05) is 24.1 Å². The fourth-order valence-corrected chi connectivity index (χ4v) is 5.42. The van der Waals surface area contributed by atoms with Crippen LogP contribution < -0.4 is 19.1 Å². The number of carbonyl (C=O) groups excluding carboxylic acids is 1. The van der Waals surface area contributed by atoms with E-state index in [1.165, 1.54) is 24.3 Å². The minimum Gasteiger partial charge on any atom is -0.486 e. The van der Waals surface area contributed by atoms with Crippen molar-refractivity contribution >= 4 is 44.8 Å². The highest BCUT2D eigenvalue weighted by atomic mass is 35.5. The van der Waals surface area contributed by atoms with Gasteiger partial charge in [0, 0.05) is 5.02 Å². The van der Waals surface area contributed by atoms with E-state index >= 15 is 0 Å². The number of halogens is 2. The van der Waals surface area contributed by atoms with Crippen LogP contribution in [0.15, 0.2) is 71.6 Å². The molecule has 0 saturated carbocycles. The predicted molar refractivity (Wildman–Crippen MR) is 131 cm³/mol. The summed E-state index contributed by atoms with van der Waals surface area (Å²) in [5.74, 6) is 0.728. The van der Waals surface area contributed by atoms with Crippen LogP contribution in [0.3, 0.4) is 0 Å². The molecule has 1 amide bonds. The Hall–Kier alpha value is -2.94. The van der Waals surface area contributed by atoms with Crippen LogP contribution in [0.5, 0.6) is 11.5 Å². The molecule has 3 aromatic carbocycles. The van der Waals surface area contributed by atoms with E-state index in [1.807, 2.05) is 6.07 Å². The Morgan fingerprint density at radius 1 is 1.00 bits per heavy atom. The van der Waals surface area contributed by atoms with Gasteiger partial charge in [-0.05, 0) is 55.0 Å². The lowest BCUT2D eigenvalue weighted by Gasteiger charge is -2.26. The van der Waals surface area contributed by atoms with Crippen molar-refractivity contribution in [1.29, 1.82) is 0 Å². The smallest absolute Gasteiger partial charge is 0.264 e. The molecule has 0 aliphatic carbocycles. The molecule has 1 N–H and O–H groups in total.